The van der Waals surface area contributed by atoms with E-state index in [4.69, 9.17) is 0 Å². The zero-order valence-corrected chi connectivity index (χ0v) is 28.2. The molecule has 240 valence electrons. The largest absolute Gasteiger partial charge is 0.310 e. The summed E-state index contributed by atoms with van der Waals surface area (Å²) >= 11 is 0. The normalized spacial score (nSPS) is 11.1. The number of rotatable bonds is 7. The Balaban J connectivity index is 1.26. The van der Waals surface area contributed by atoms with Crippen LogP contribution in [-0.2, 0) is 0 Å². The molecule has 0 amide bonds. The monoisotopic (exact) mass is 649 g/mol. The Morgan fingerprint density at radius 3 is 1.57 bits per heavy atom. The van der Waals surface area contributed by atoms with E-state index in [0.29, 0.717) is 0 Å². The summed E-state index contributed by atoms with van der Waals surface area (Å²) in [6, 6.07) is 76.7. The van der Waals surface area contributed by atoms with Crippen molar-refractivity contribution < 1.29 is 0 Å². The molecule has 0 atom stereocenters. The lowest BCUT2D eigenvalue weighted by molar-refractivity contribution is 1.29. The van der Waals surface area contributed by atoms with E-state index in [2.05, 4.69) is 217 Å². The van der Waals surface area contributed by atoms with Crippen LogP contribution in [0, 0.1) is 0 Å². The smallest absolute Gasteiger partial charge is 0.0540 e. The highest BCUT2D eigenvalue weighted by molar-refractivity contribution is 6.00. The van der Waals surface area contributed by atoms with Crippen LogP contribution >= 0.6 is 0 Å². The van der Waals surface area contributed by atoms with Crippen molar-refractivity contribution in [3.05, 3.63) is 212 Å². The molecule has 9 aromatic rings. The standard InChI is InChI=1S/C50H35N/c1-2-17-37(18-3-1)44-25-8-9-26-46(44)47-27-10-11-28-48(47)49-29-12-13-31-50(49)51(42-33-32-36-16-4-5-20-39(36)34-42)41-23-14-22-40(35-41)45-30-15-21-38-19-6-7-24-43(38)45/h1-35H. The summed E-state index contributed by atoms with van der Waals surface area (Å²) in [5.74, 6) is 0. The first-order chi connectivity index (χ1) is 25.3. The zero-order valence-electron chi connectivity index (χ0n) is 28.2. The first-order valence-corrected chi connectivity index (χ1v) is 17.5. The molecule has 0 radical (unpaired) electrons. The van der Waals surface area contributed by atoms with Crippen molar-refractivity contribution in [2.75, 3.05) is 4.90 Å². The van der Waals surface area contributed by atoms with Crippen molar-refractivity contribution in [1.82, 2.24) is 0 Å². The quantitative estimate of drug-likeness (QED) is 0.166. The molecule has 51 heavy (non-hydrogen) atoms. The van der Waals surface area contributed by atoms with Gasteiger partial charge in [0, 0.05) is 16.9 Å². The first kappa shape index (κ1) is 30.4. The van der Waals surface area contributed by atoms with Crippen molar-refractivity contribution in [3.63, 3.8) is 0 Å². The minimum atomic E-state index is 1.10. The molecule has 0 unspecified atom stereocenters. The van der Waals surface area contributed by atoms with E-state index in [1.807, 2.05) is 0 Å². The van der Waals surface area contributed by atoms with Gasteiger partial charge in [-0.3, -0.25) is 0 Å². The summed E-state index contributed by atoms with van der Waals surface area (Å²) in [6.45, 7) is 0. The van der Waals surface area contributed by atoms with Crippen molar-refractivity contribution in [2.45, 2.75) is 0 Å². The Morgan fingerprint density at radius 1 is 0.255 bits per heavy atom. The molecule has 0 heterocycles. The molecule has 0 N–H and O–H groups in total. The van der Waals surface area contributed by atoms with Crippen molar-refractivity contribution in [2.24, 2.45) is 0 Å². The van der Waals surface area contributed by atoms with Crippen LogP contribution in [0.2, 0.25) is 0 Å². The number of anilines is 3. The molecular formula is C50H35N. The first-order valence-electron chi connectivity index (χ1n) is 17.5. The molecule has 0 spiro atoms. The second-order valence-electron chi connectivity index (χ2n) is 12.9. The molecular weight excluding hydrogens is 615 g/mol. The number of nitrogens with zero attached hydrogens (tertiary/aromatic N) is 1. The molecule has 1 heteroatoms. The lowest BCUT2D eigenvalue weighted by Crippen LogP contribution is -2.11. The molecule has 0 bridgehead atoms. The van der Waals surface area contributed by atoms with Gasteiger partial charge in [-0.25, -0.2) is 0 Å². The van der Waals surface area contributed by atoms with Crippen LogP contribution in [0.25, 0.3) is 66.1 Å². The fourth-order valence-electron chi connectivity index (χ4n) is 7.47. The number of fused-ring (bicyclic) bond motifs is 2. The van der Waals surface area contributed by atoms with Gasteiger partial charge in [0.1, 0.15) is 0 Å². The summed E-state index contributed by atoms with van der Waals surface area (Å²) < 4.78 is 0. The van der Waals surface area contributed by atoms with Gasteiger partial charge in [-0.05, 0) is 90.8 Å². The molecule has 0 fully saturated rings. The van der Waals surface area contributed by atoms with Crippen LogP contribution in [0.4, 0.5) is 17.1 Å². The lowest BCUT2D eigenvalue weighted by Gasteiger charge is -2.29. The predicted octanol–water partition coefficient (Wildman–Crippen LogP) is 14.1. The van der Waals surface area contributed by atoms with Gasteiger partial charge in [-0.15, -0.1) is 0 Å². The van der Waals surface area contributed by atoms with Crippen LogP contribution in [0.1, 0.15) is 0 Å². The molecule has 0 aliphatic heterocycles. The molecule has 9 rings (SSSR count). The van der Waals surface area contributed by atoms with E-state index in [1.54, 1.807) is 0 Å². The molecule has 0 aliphatic carbocycles. The highest BCUT2D eigenvalue weighted by Gasteiger charge is 2.21. The van der Waals surface area contributed by atoms with Gasteiger partial charge in [0.15, 0.2) is 0 Å². The number of benzene rings is 9. The maximum atomic E-state index is 2.43. The lowest BCUT2D eigenvalue weighted by atomic mass is 9.88. The van der Waals surface area contributed by atoms with Gasteiger partial charge in [-0.2, -0.15) is 0 Å². The minimum absolute atomic E-state index is 1.10. The molecule has 0 saturated carbocycles. The molecule has 9 aromatic carbocycles. The van der Waals surface area contributed by atoms with E-state index in [0.717, 1.165) is 17.1 Å². The van der Waals surface area contributed by atoms with E-state index in [-0.39, 0.29) is 0 Å². The molecule has 0 aliphatic rings. The third-order valence-corrected chi connectivity index (χ3v) is 9.86. The molecule has 0 saturated heterocycles. The molecule has 0 aromatic heterocycles. The predicted molar refractivity (Wildman–Crippen MR) is 218 cm³/mol. The Bertz CT molecular complexity index is 2650. The average molecular weight is 650 g/mol. The van der Waals surface area contributed by atoms with Gasteiger partial charge >= 0.3 is 0 Å². The van der Waals surface area contributed by atoms with Crippen LogP contribution in [-0.4, -0.2) is 0 Å². The SMILES string of the molecule is c1ccc(-c2ccccc2-c2ccccc2-c2ccccc2N(c2cccc(-c3cccc4ccccc34)c2)c2ccc3ccccc3c2)cc1. The minimum Gasteiger partial charge on any atom is -0.310 e. The summed E-state index contributed by atoms with van der Waals surface area (Å²) in [5, 5.41) is 4.92. The van der Waals surface area contributed by atoms with Crippen LogP contribution in [0.5, 0.6) is 0 Å². The fraction of sp³-hybridized carbons (Fsp3) is 0. The topological polar surface area (TPSA) is 3.24 Å². The van der Waals surface area contributed by atoms with E-state index in [1.165, 1.54) is 66.1 Å². The summed E-state index contributed by atoms with van der Waals surface area (Å²) in [4.78, 5) is 2.43. The second kappa shape index (κ2) is 13.3. The van der Waals surface area contributed by atoms with Gasteiger partial charge in [0.25, 0.3) is 0 Å². The summed E-state index contributed by atoms with van der Waals surface area (Å²) in [5.41, 5.74) is 12.9. The second-order valence-corrected chi connectivity index (χ2v) is 12.9. The number of hydrogen-bond acceptors (Lipinski definition) is 1. The van der Waals surface area contributed by atoms with Gasteiger partial charge in [0.2, 0.25) is 0 Å². The van der Waals surface area contributed by atoms with E-state index >= 15 is 0 Å². The Labute approximate surface area is 299 Å². The van der Waals surface area contributed by atoms with Gasteiger partial charge < -0.3 is 4.90 Å². The van der Waals surface area contributed by atoms with Gasteiger partial charge in [0.05, 0.1) is 5.69 Å². The van der Waals surface area contributed by atoms with Gasteiger partial charge in [-0.1, -0.05) is 182 Å². The van der Waals surface area contributed by atoms with Crippen molar-refractivity contribution in [1.29, 1.82) is 0 Å². The summed E-state index contributed by atoms with van der Waals surface area (Å²) in [7, 11) is 0. The fourth-order valence-corrected chi connectivity index (χ4v) is 7.47. The maximum Gasteiger partial charge on any atom is 0.0540 e. The third kappa shape index (κ3) is 5.75. The average Bonchev–Trinajstić information content (AvgIpc) is 3.21. The zero-order chi connectivity index (χ0) is 34.0. The summed E-state index contributed by atoms with van der Waals surface area (Å²) in [6.07, 6.45) is 0. The van der Waals surface area contributed by atoms with Crippen molar-refractivity contribution in [3.8, 4) is 44.5 Å². The highest BCUT2D eigenvalue weighted by atomic mass is 15.1. The maximum absolute atomic E-state index is 2.43. The Hall–Kier alpha value is -6.70. The molecule has 1 nitrogen and oxygen atoms in total. The van der Waals surface area contributed by atoms with Crippen LogP contribution in [0.15, 0.2) is 212 Å². The van der Waals surface area contributed by atoms with Crippen LogP contribution in [0.3, 0.4) is 0 Å². The Morgan fingerprint density at radius 2 is 0.765 bits per heavy atom. The highest BCUT2D eigenvalue weighted by Crippen LogP contribution is 2.46. The van der Waals surface area contributed by atoms with E-state index in [9.17, 15) is 0 Å². The third-order valence-electron chi connectivity index (χ3n) is 9.86. The number of para-hydroxylation sites is 1. The van der Waals surface area contributed by atoms with Crippen LogP contribution < -0.4 is 4.90 Å². The van der Waals surface area contributed by atoms with Crippen molar-refractivity contribution >= 4 is 38.6 Å². The van der Waals surface area contributed by atoms with E-state index < -0.39 is 0 Å². The number of hydrogen-bond donors (Lipinski definition) is 0. The Kier molecular flexibility index (Phi) is 7.92.